The van der Waals surface area contributed by atoms with Gasteiger partial charge >= 0.3 is 0 Å². The summed E-state index contributed by atoms with van der Waals surface area (Å²) in [7, 11) is 0. The maximum absolute atomic E-state index is 13.4. The molecule has 0 saturated carbocycles. The highest BCUT2D eigenvalue weighted by atomic mass is 19.1. The van der Waals surface area contributed by atoms with Crippen molar-refractivity contribution >= 4 is 5.91 Å². The van der Waals surface area contributed by atoms with Gasteiger partial charge in [-0.05, 0) is 36.2 Å². The monoisotopic (exact) mass is 356 g/mol. The average Bonchev–Trinajstić information content (AvgIpc) is 3.05. The summed E-state index contributed by atoms with van der Waals surface area (Å²) in [4.78, 5) is 14.4. The standard InChI is InChI=1S/C22H29FN2O/c1-3-5-6-7-13-22(26)25(14-4-2)18-21-12-9-15-24(21)17-19-10-8-11-20(23)16-19/h4,8-12,15-16H,2-3,5-7,13-14,17-18H2,1H3. The van der Waals surface area contributed by atoms with Crippen LogP contribution in [-0.2, 0) is 17.9 Å². The highest BCUT2D eigenvalue weighted by Crippen LogP contribution is 2.13. The zero-order chi connectivity index (χ0) is 18.8. The third-order valence-corrected chi connectivity index (χ3v) is 4.46. The summed E-state index contributed by atoms with van der Waals surface area (Å²) < 4.78 is 15.5. The predicted octanol–water partition coefficient (Wildman–Crippen LogP) is 5.16. The van der Waals surface area contributed by atoms with E-state index in [9.17, 15) is 9.18 Å². The van der Waals surface area contributed by atoms with Crippen molar-refractivity contribution in [2.75, 3.05) is 6.54 Å². The van der Waals surface area contributed by atoms with Gasteiger partial charge in [0, 0.05) is 31.4 Å². The summed E-state index contributed by atoms with van der Waals surface area (Å²) in [5, 5.41) is 0. The van der Waals surface area contributed by atoms with E-state index in [-0.39, 0.29) is 11.7 Å². The first-order valence-electron chi connectivity index (χ1n) is 9.41. The maximum atomic E-state index is 13.4. The molecule has 0 N–H and O–H groups in total. The lowest BCUT2D eigenvalue weighted by atomic mass is 10.1. The number of carbonyl (C=O) groups excluding carboxylic acids is 1. The second kappa shape index (κ2) is 10.6. The van der Waals surface area contributed by atoms with E-state index in [4.69, 9.17) is 0 Å². The van der Waals surface area contributed by atoms with Crippen LogP contribution in [0.1, 0.15) is 50.3 Å². The molecule has 26 heavy (non-hydrogen) atoms. The lowest BCUT2D eigenvalue weighted by Gasteiger charge is -2.22. The Bertz CT molecular complexity index is 708. The first-order chi connectivity index (χ1) is 12.6. The molecule has 0 unspecified atom stereocenters. The van der Waals surface area contributed by atoms with Crippen LogP contribution in [0, 0.1) is 5.82 Å². The number of nitrogens with zero attached hydrogens (tertiary/aromatic N) is 2. The van der Waals surface area contributed by atoms with Gasteiger partial charge in [0.25, 0.3) is 0 Å². The number of hydrogen-bond acceptors (Lipinski definition) is 1. The normalized spacial score (nSPS) is 10.7. The summed E-state index contributed by atoms with van der Waals surface area (Å²) >= 11 is 0. The fourth-order valence-electron chi connectivity index (χ4n) is 3.05. The molecular formula is C22H29FN2O. The maximum Gasteiger partial charge on any atom is 0.223 e. The third-order valence-electron chi connectivity index (χ3n) is 4.46. The summed E-state index contributed by atoms with van der Waals surface area (Å²) in [6.07, 6.45) is 8.69. The molecule has 3 nitrogen and oxygen atoms in total. The Labute approximate surface area is 156 Å². The Morgan fingerprint density at radius 2 is 2.08 bits per heavy atom. The summed E-state index contributed by atoms with van der Waals surface area (Å²) in [5.74, 6) is -0.0637. The van der Waals surface area contributed by atoms with Crippen LogP contribution in [-0.4, -0.2) is 21.9 Å². The molecule has 1 aromatic carbocycles. The van der Waals surface area contributed by atoms with Crippen LogP contribution in [0.4, 0.5) is 4.39 Å². The highest BCUT2D eigenvalue weighted by molar-refractivity contribution is 5.76. The van der Waals surface area contributed by atoms with Gasteiger partial charge in [0.2, 0.25) is 5.91 Å². The molecule has 1 amide bonds. The van der Waals surface area contributed by atoms with Crippen LogP contribution in [0.25, 0.3) is 0 Å². The lowest BCUT2D eigenvalue weighted by Crippen LogP contribution is -2.31. The minimum Gasteiger partial charge on any atom is -0.345 e. The van der Waals surface area contributed by atoms with E-state index >= 15 is 0 Å². The second-order valence-corrected chi connectivity index (χ2v) is 6.63. The van der Waals surface area contributed by atoms with E-state index in [0.29, 0.717) is 26.1 Å². The van der Waals surface area contributed by atoms with E-state index in [0.717, 1.165) is 30.5 Å². The Balaban J connectivity index is 2.01. The van der Waals surface area contributed by atoms with Gasteiger partial charge < -0.3 is 9.47 Å². The van der Waals surface area contributed by atoms with Crippen molar-refractivity contribution in [3.8, 4) is 0 Å². The van der Waals surface area contributed by atoms with Crippen molar-refractivity contribution in [3.05, 3.63) is 72.3 Å². The predicted molar refractivity (Wildman–Crippen MR) is 104 cm³/mol. The van der Waals surface area contributed by atoms with E-state index < -0.39 is 0 Å². The number of halogens is 1. The van der Waals surface area contributed by atoms with Crippen LogP contribution < -0.4 is 0 Å². The lowest BCUT2D eigenvalue weighted by molar-refractivity contribution is -0.131. The fraction of sp³-hybridized carbons (Fsp3) is 0.409. The summed E-state index contributed by atoms with van der Waals surface area (Å²) in [6, 6.07) is 10.6. The van der Waals surface area contributed by atoms with Crippen molar-refractivity contribution in [2.45, 2.75) is 52.1 Å². The van der Waals surface area contributed by atoms with Crippen molar-refractivity contribution in [1.29, 1.82) is 0 Å². The quantitative estimate of drug-likeness (QED) is 0.403. The van der Waals surface area contributed by atoms with Crippen molar-refractivity contribution in [3.63, 3.8) is 0 Å². The Kier molecular flexibility index (Phi) is 8.13. The van der Waals surface area contributed by atoms with Gasteiger partial charge in [-0.1, -0.05) is 44.4 Å². The van der Waals surface area contributed by atoms with Gasteiger partial charge in [0.1, 0.15) is 5.82 Å². The van der Waals surface area contributed by atoms with E-state index in [1.54, 1.807) is 18.2 Å². The molecule has 4 heteroatoms. The number of benzene rings is 1. The molecule has 0 atom stereocenters. The van der Waals surface area contributed by atoms with Crippen LogP contribution in [0.2, 0.25) is 0 Å². The summed E-state index contributed by atoms with van der Waals surface area (Å²) in [5.41, 5.74) is 1.95. The second-order valence-electron chi connectivity index (χ2n) is 6.63. The third kappa shape index (κ3) is 6.17. The zero-order valence-corrected chi connectivity index (χ0v) is 15.7. The first-order valence-corrected chi connectivity index (χ1v) is 9.41. The van der Waals surface area contributed by atoms with Gasteiger partial charge in [-0.2, -0.15) is 0 Å². The smallest absolute Gasteiger partial charge is 0.223 e. The molecule has 0 aliphatic carbocycles. The molecular weight excluding hydrogens is 327 g/mol. The van der Waals surface area contributed by atoms with E-state index in [2.05, 4.69) is 18.1 Å². The molecule has 0 aliphatic rings. The minimum atomic E-state index is -0.230. The van der Waals surface area contributed by atoms with E-state index in [1.165, 1.54) is 12.5 Å². The Morgan fingerprint density at radius 3 is 2.81 bits per heavy atom. The number of aromatic nitrogens is 1. The Morgan fingerprint density at radius 1 is 1.23 bits per heavy atom. The molecule has 0 aliphatic heterocycles. The van der Waals surface area contributed by atoms with Gasteiger partial charge in [-0.25, -0.2) is 4.39 Å². The molecule has 0 spiro atoms. The molecule has 0 radical (unpaired) electrons. The van der Waals surface area contributed by atoms with Gasteiger partial charge in [-0.15, -0.1) is 6.58 Å². The number of rotatable bonds is 11. The van der Waals surface area contributed by atoms with Crippen LogP contribution in [0.3, 0.4) is 0 Å². The minimum absolute atomic E-state index is 0.166. The highest BCUT2D eigenvalue weighted by Gasteiger charge is 2.14. The van der Waals surface area contributed by atoms with Crippen LogP contribution in [0.15, 0.2) is 55.3 Å². The number of unbranched alkanes of at least 4 members (excludes halogenated alkanes) is 3. The molecule has 0 saturated heterocycles. The van der Waals surface area contributed by atoms with Crippen LogP contribution >= 0.6 is 0 Å². The topological polar surface area (TPSA) is 25.2 Å². The van der Waals surface area contributed by atoms with Crippen molar-refractivity contribution in [2.24, 2.45) is 0 Å². The number of hydrogen-bond donors (Lipinski definition) is 0. The SMILES string of the molecule is C=CCN(Cc1cccn1Cc1cccc(F)c1)C(=O)CCCCCC. The van der Waals surface area contributed by atoms with E-state index in [1.807, 2.05) is 29.3 Å². The molecule has 2 rings (SSSR count). The molecule has 2 aromatic rings. The number of carbonyl (C=O) groups is 1. The molecule has 140 valence electrons. The molecule has 1 aromatic heterocycles. The zero-order valence-electron chi connectivity index (χ0n) is 15.7. The Hall–Kier alpha value is -2.36. The molecule has 0 fully saturated rings. The fourth-order valence-corrected chi connectivity index (χ4v) is 3.05. The van der Waals surface area contributed by atoms with Crippen molar-refractivity contribution < 1.29 is 9.18 Å². The number of amides is 1. The summed E-state index contributed by atoms with van der Waals surface area (Å²) in [6.45, 7) is 7.62. The molecule has 0 bridgehead atoms. The van der Waals surface area contributed by atoms with Gasteiger partial charge in [0.15, 0.2) is 0 Å². The van der Waals surface area contributed by atoms with Crippen molar-refractivity contribution in [1.82, 2.24) is 9.47 Å². The van der Waals surface area contributed by atoms with Gasteiger partial charge in [-0.3, -0.25) is 4.79 Å². The van der Waals surface area contributed by atoms with Gasteiger partial charge in [0.05, 0.1) is 6.54 Å². The largest absolute Gasteiger partial charge is 0.345 e. The molecule has 1 heterocycles. The average molecular weight is 356 g/mol. The van der Waals surface area contributed by atoms with Crippen LogP contribution in [0.5, 0.6) is 0 Å². The first kappa shape index (κ1) is 20.0.